The molecule has 1 unspecified atom stereocenters. The molecule has 1 heterocycles. The van der Waals surface area contributed by atoms with Crippen molar-refractivity contribution >= 4 is 0 Å². The van der Waals surface area contributed by atoms with Gasteiger partial charge in [0.2, 0.25) is 0 Å². The van der Waals surface area contributed by atoms with Crippen LogP contribution in [0.1, 0.15) is 19.2 Å². The van der Waals surface area contributed by atoms with Gasteiger partial charge in [0.15, 0.2) is 5.82 Å². The highest BCUT2D eigenvalue weighted by Crippen LogP contribution is 1.99. The molecule has 0 fully saturated rings. The minimum Gasteiger partial charge on any atom is -0.382 e. The fourth-order valence-electron chi connectivity index (χ4n) is 1.34. The number of nitrogens with zero attached hydrogens (tertiary/aromatic N) is 4. The van der Waals surface area contributed by atoms with Crippen molar-refractivity contribution in [2.24, 2.45) is 7.05 Å². The van der Waals surface area contributed by atoms with E-state index in [2.05, 4.69) is 20.7 Å². The van der Waals surface area contributed by atoms with Gasteiger partial charge in [0.25, 0.3) is 0 Å². The van der Waals surface area contributed by atoms with E-state index in [9.17, 15) is 0 Å². The molecule has 0 aliphatic carbocycles. The molecule has 1 aromatic rings. The molecule has 0 radical (unpaired) electrons. The molecular formula is C9H19N5O. The number of nitrogens with one attached hydrogen (secondary N) is 1. The quantitative estimate of drug-likeness (QED) is 0.634. The molecule has 1 rings (SSSR count). The molecule has 86 valence electrons. The first-order chi connectivity index (χ1) is 7.26. The van der Waals surface area contributed by atoms with Gasteiger partial charge in [-0.3, -0.25) is 0 Å². The van der Waals surface area contributed by atoms with E-state index in [0.29, 0.717) is 6.04 Å². The maximum absolute atomic E-state index is 5.31. The molecule has 0 bridgehead atoms. The van der Waals surface area contributed by atoms with E-state index in [1.165, 1.54) is 4.80 Å². The summed E-state index contributed by atoms with van der Waals surface area (Å²) in [6.45, 7) is 3.53. The summed E-state index contributed by atoms with van der Waals surface area (Å²) < 4.78 is 5.31. The average molecular weight is 213 g/mol. The number of aromatic nitrogens is 4. The molecule has 0 saturated heterocycles. The van der Waals surface area contributed by atoms with Gasteiger partial charge in [0.05, 0.1) is 7.05 Å². The second-order valence-electron chi connectivity index (χ2n) is 3.37. The monoisotopic (exact) mass is 213 g/mol. The normalized spacial score (nSPS) is 13.0. The summed E-state index contributed by atoms with van der Waals surface area (Å²) in [5, 5.41) is 15.1. The molecule has 0 saturated carbocycles. The standard InChI is InChI=1S/C9H19N5O/c1-4-15-6-5-8(10-2)7-9-11-13-14(3)12-9/h8,10H,4-7H2,1-3H3. The van der Waals surface area contributed by atoms with Crippen molar-refractivity contribution in [2.75, 3.05) is 20.3 Å². The van der Waals surface area contributed by atoms with E-state index in [4.69, 9.17) is 4.74 Å². The van der Waals surface area contributed by atoms with Crippen LogP contribution in [0.5, 0.6) is 0 Å². The lowest BCUT2D eigenvalue weighted by Crippen LogP contribution is -2.29. The highest BCUT2D eigenvalue weighted by Gasteiger charge is 2.10. The zero-order chi connectivity index (χ0) is 11.1. The number of hydrogen-bond acceptors (Lipinski definition) is 5. The highest BCUT2D eigenvalue weighted by molar-refractivity contribution is 4.83. The first kappa shape index (κ1) is 12.1. The summed E-state index contributed by atoms with van der Waals surface area (Å²) in [5.74, 6) is 0.772. The van der Waals surface area contributed by atoms with Crippen LogP contribution in [0.2, 0.25) is 0 Å². The molecule has 0 aromatic carbocycles. The van der Waals surface area contributed by atoms with Crippen molar-refractivity contribution in [3.63, 3.8) is 0 Å². The maximum atomic E-state index is 5.31. The van der Waals surface area contributed by atoms with Gasteiger partial charge >= 0.3 is 0 Å². The Kier molecular flexibility index (Phi) is 5.20. The zero-order valence-electron chi connectivity index (χ0n) is 9.60. The smallest absolute Gasteiger partial charge is 0.176 e. The van der Waals surface area contributed by atoms with Crippen molar-refractivity contribution in [1.29, 1.82) is 0 Å². The molecule has 6 nitrogen and oxygen atoms in total. The summed E-state index contributed by atoms with van der Waals surface area (Å²) in [4.78, 5) is 1.48. The molecule has 0 amide bonds. The largest absolute Gasteiger partial charge is 0.382 e. The third-order valence-corrected chi connectivity index (χ3v) is 2.20. The van der Waals surface area contributed by atoms with Crippen LogP contribution in [0.25, 0.3) is 0 Å². The lowest BCUT2D eigenvalue weighted by molar-refractivity contribution is 0.137. The van der Waals surface area contributed by atoms with Crippen molar-refractivity contribution < 1.29 is 4.74 Å². The van der Waals surface area contributed by atoms with Crippen molar-refractivity contribution in [1.82, 2.24) is 25.5 Å². The van der Waals surface area contributed by atoms with E-state index in [0.717, 1.165) is 31.9 Å². The van der Waals surface area contributed by atoms with Crippen LogP contribution in [-0.4, -0.2) is 46.5 Å². The number of hydrogen-bond donors (Lipinski definition) is 1. The minimum atomic E-state index is 0.348. The van der Waals surface area contributed by atoms with Gasteiger partial charge in [0.1, 0.15) is 0 Å². The van der Waals surface area contributed by atoms with Crippen molar-refractivity contribution in [3.8, 4) is 0 Å². The van der Waals surface area contributed by atoms with Gasteiger partial charge < -0.3 is 10.1 Å². The van der Waals surface area contributed by atoms with Crippen LogP contribution in [-0.2, 0) is 18.2 Å². The Morgan fingerprint density at radius 1 is 1.53 bits per heavy atom. The van der Waals surface area contributed by atoms with Gasteiger partial charge in [-0.2, -0.15) is 4.80 Å². The molecule has 0 spiro atoms. The van der Waals surface area contributed by atoms with Crippen LogP contribution in [0.15, 0.2) is 0 Å². The van der Waals surface area contributed by atoms with Crippen LogP contribution < -0.4 is 5.32 Å². The van der Waals surface area contributed by atoms with E-state index in [-0.39, 0.29) is 0 Å². The van der Waals surface area contributed by atoms with Crippen LogP contribution in [0.3, 0.4) is 0 Å². The molecule has 1 N–H and O–H groups in total. The van der Waals surface area contributed by atoms with Gasteiger partial charge in [-0.1, -0.05) is 0 Å². The van der Waals surface area contributed by atoms with E-state index in [1.807, 2.05) is 14.0 Å². The number of likely N-dealkylation sites (N-methyl/N-ethyl adjacent to an activating group) is 1. The summed E-state index contributed by atoms with van der Waals surface area (Å²) in [6.07, 6.45) is 1.75. The molecular weight excluding hydrogens is 194 g/mol. The lowest BCUT2D eigenvalue weighted by Gasteiger charge is -2.13. The topological polar surface area (TPSA) is 64.9 Å². The Morgan fingerprint density at radius 3 is 2.87 bits per heavy atom. The number of ether oxygens (including phenoxy) is 1. The van der Waals surface area contributed by atoms with Crippen molar-refractivity contribution in [3.05, 3.63) is 5.82 Å². The number of rotatable bonds is 7. The molecule has 6 heteroatoms. The number of tetrazole rings is 1. The summed E-state index contributed by atoms with van der Waals surface area (Å²) in [5.41, 5.74) is 0. The van der Waals surface area contributed by atoms with E-state index < -0.39 is 0 Å². The van der Waals surface area contributed by atoms with Crippen molar-refractivity contribution in [2.45, 2.75) is 25.8 Å². The van der Waals surface area contributed by atoms with Gasteiger partial charge in [-0.15, -0.1) is 10.2 Å². The Hall–Kier alpha value is -1.01. The Balaban J connectivity index is 2.33. The minimum absolute atomic E-state index is 0.348. The first-order valence-corrected chi connectivity index (χ1v) is 5.24. The predicted octanol–water partition coefficient (Wildman–Crippen LogP) is -0.233. The summed E-state index contributed by atoms with van der Waals surface area (Å²) in [7, 11) is 3.71. The second-order valence-corrected chi connectivity index (χ2v) is 3.37. The first-order valence-electron chi connectivity index (χ1n) is 5.24. The molecule has 1 atom stereocenters. The fraction of sp³-hybridized carbons (Fsp3) is 0.889. The second kappa shape index (κ2) is 6.47. The third kappa shape index (κ3) is 4.35. The van der Waals surface area contributed by atoms with Gasteiger partial charge in [-0.05, 0) is 25.6 Å². The zero-order valence-corrected chi connectivity index (χ0v) is 9.60. The maximum Gasteiger partial charge on any atom is 0.176 e. The Morgan fingerprint density at radius 2 is 2.33 bits per heavy atom. The van der Waals surface area contributed by atoms with Gasteiger partial charge in [-0.25, -0.2) is 0 Å². The van der Waals surface area contributed by atoms with E-state index >= 15 is 0 Å². The summed E-state index contributed by atoms with van der Waals surface area (Å²) in [6, 6.07) is 0.348. The molecule has 1 aromatic heterocycles. The fourth-order valence-corrected chi connectivity index (χ4v) is 1.34. The number of aryl methyl sites for hydroxylation is 1. The van der Waals surface area contributed by atoms with Crippen LogP contribution >= 0.6 is 0 Å². The van der Waals surface area contributed by atoms with Crippen LogP contribution in [0.4, 0.5) is 0 Å². The highest BCUT2D eigenvalue weighted by atomic mass is 16.5. The third-order valence-electron chi connectivity index (χ3n) is 2.20. The predicted molar refractivity (Wildman–Crippen MR) is 56.5 cm³/mol. The lowest BCUT2D eigenvalue weighted by atomic mass is 10.1. The van der Waals surface area contributed by atoms with Crippen LogP contribution in [0, 0.1) is 0 Å². The Labute approximate surface area is 90.0 Å². The molecule has 0 aliphatic heterocycles. The molecule has 15 heavy (non-hydrogen) atoms. The Bertz CT molecular complexity index is 275. The average Bonchev–Trinajstić information content (AvgIpc) is 2.63. The van der Waals surface area contributed by atoms with E-state index in [1.54, 1.807) is 7.05 Å². The SMILES string of the molecule is CCOCCC(Cc1nnn(C)n1)NC. The molecule has 0 aliphatic rings. The summed E-state index contributed by atoms with van der Waals surface area (Å²) >= 11 is 0. The van der Waals surface area contributed by atoms with Gasteiger partial charge in [0, 0.05) is 25.7 Å².